The number of benzene rings is 1. The number of carbonyl (C=O) groups excluding carboxylic acids is 1. The van der Waals surface area contributed by atoms with Crippen molar-refractivity contribution in [2.24, 2.45) is 17.4 Å². The second-order valence-corrected chi connectivity index (χ2v) is 5.40. The molecule has 0 spiro atoms. The monoisotopic (exact) mass is 278 g/mol. The van der Waals surface area contributed by atoms with Gasteiger partial charge >= 0.3 is 0 Å². The second kappa shape index (κ2) is 6.61. The summed E-state index contributed by atoms with van der Waals surface area (Å²) in [5, 5.41) is 0. The minimum atomic E-state index is -0.287. The van der Waals surface area contributed by atoms with Crippen LogP contribution in [-0.2, 0) is 4.79 Å². The smallest absolute Gasteiger partial charge is 0.217 e. The van der Waals surface area contributed by atoms with Gasteiger partial charge < -0.3 is 20.9 Å². The Bertz CT molecular complexity index is 476. The molecule has 5 heteroatoms. The zero-order valence-corrected chi connectivity index (χ0v) is 11.8. The fourth-order valence-electron chi connectivity index (χ4n) is 2.16. The number of nitrogens with two attached hydrogens (primary N) is 2. The molecule has 110 valence electrons. The van der Waals surface area contributed by atoms with Crippen molar-refractivity contribution in [2.45, 2.75) is 32.2 Å². The average Bonchev–Trinajstić information content (AvgIpc) is 2.60. The summed E-state index contributed by atoms with van der Waals surface area (Å²) in [6.07, 6.45) is 1.79. The Morgan fingerprint density at radius 3 is 2.75 bits per heavy atom. The molecule has 5 nitrogen and oxygen atoms in total. The molecule has 0 bridgehead atoms. The summed E-state index contributed by atoms with van der Waals surface area (Å²) in [6, 6.07) is 5.66. The Morgan fingerprint density at radius 1 is 1.35 bits per heavy atom. The Kier molecular flexibility index (Phi) is 4.84. The zero-order valence-electron chi connectivity index (χ0n) is 11.8. The maximum Gasteiger partial charge on any atom is 0.217 e. The van der Waals surface area contributed by atoms with Crippen molar-refractivity contribution >= 4 is 5.91 Å². The third-order valence-corrected chi connectivity index (χ3v) is 3.38. The standard InChI is InChI=1S/C15H22N2O3/c1-10-8-19-13-6-5-11(7-14(13)20-9-10)12(16)3-2-4-15(17)18/h5-7,10,12H,2-4,8-9,16H2,1H3,(H2,17,18). The van der Waals surface area contributed by atoms with E-state index in [1.54, 1.807) is 0 Å². The van der Waals surface area contributed by atoms with Crippen LogP contribution in [-0.4, -0.2) is 19.1 Å². The van der Waals surface area contributed by atoms with E-state index < -0.39 is 0 Å². The lowest BCUT2D eigenvalue weighted by Gasteiger charge is -2.14. The molecule has 2 atom stereocenters. The normalized spacial score (nSPS) is 19.2. The highest BCUT2D eigenvalue weighted by Gasteiger charge is 2.17. The molecule has 0 aromatic heterocycles. The van der Waals surface area contributed by atoms with Crippen molar-refractivity contribution in [3.63, 3.8) is 0 Å². The summed E-state index contributed by atoms with van der Waals surface area (Å²) in [4.78, 5) is 10.7. The Hall–Kier alpha value is -1.75. The Labute approximate surface area is 119 Å². The van der Waals surface area contributed by atoms with Gasteiger partial charge in [0.15, 0.2) is 11.5 Å². The number of rotatable bonds is 5. The Morgan fingerprint density at radius 2 is 2.05 bits per heavy atom. The van der Waals surface area contributed by atoms with Gasteiger partial charge in [-0.2, -0.15) is 0 Å². The quantitative estimate of drug-likeness (QED) is 0.859. The van der Waals surface area contributed by atoms with E-state index in [0.29, 0.717) is 32.0 Å². The molecule has 1 amide bonds. The van der Waals surface area contributed by atoms with Gasteiger partial charge in [0, 0.05) is 18.4 Å². The number of fused-ring (bicyclic) bond motifs is 1. The third kappa shape index (κ3) is 3.87. The van der Waals surface area contributed by atoms with E-state index in [2.05, 4.69) is 6.92 Å². The highest BCUT2D eigenvalue weighted by atomic mass is 16.5. The van der Waals surface area contributed by atoms with Crippen LogP contribution < -0.4 is 20.9 Å². The zero-order chi connectivity index (χ0) is 14.5. The van der Waals surface area contributed by atoms with Crippen LogP contribution in [0.5, 0.6) is 11.5 Å². The number of carbonyl (C=O) groups is 1. The van der Waals surface area contributed by atoms with Crippen LogP contribution in [0.15, 0.2) is 18.2 Å². The largest absolute Gasteiger partial charge is 0.489 e. The molecule has 0 fully saturated rings. The van der Waals surface area contributed by atoms with Gasteiger partial charge in [-0.1, -0.05) is 13.0 Å². The molecule has 20 heavy (non-hydrogen) atoms. The van der Waals surface area contributed by atoms with Crippen LogP contribution >= 0.6 is 0 Å². The minimum Gasteiger partial charge on any atom is -0.489 e. The van der Waals surface area contributed by atoms with Crippen LogP contribution in [0.4, 0.5) is 0 Å². The Balaban J connectivity index is 2.01. The molecule has 1 aliphatic heterocycles. The van der Waals surface area contributed by atoms with Gasteiger partial charge in [-0.3, -0.25) is 4.79 Å². The molecular formula is C15H22N2O3. The first-order valence-electron chi connectivity index (χ1n) is 6.99. The van der Waals surface area contributed by atoms with Crippen LogP contribution in [0.3, 0.4) is 0 Å². The predicted octanol–water partition coefficient (Wildman–Crippen LogP) is 1.75. The first-order valence-corrected chi connectivity index (χ1v) is 6.99. The molecule has 2 rings (SSSR count). The fourth-order valence-corrected chi connectivity index (χ4v) is 2.16. The highest BCUT2D eigenvalue weighted by molar-refractivity contribution is 5.73. The molecule has 0 saturated heterocycles. The SMILES string of the molecule is CC1COc2ccc(C(N)CCCC(N)=O)cc2OC1. The fraction of sp³-hybridized carbons (Fsp3) is 0.533. The molecule has 0 radical (unpaired) electrons. The number of amides is 1. The molecule has 4 N–H and O–H groups in total. The van der Waals surface area contributed by atoms with Gasteiger partial charge in [0.2, 0.25) is 5.91 Å². The first kappa shape index (κ1) is 14.7. The van der Waals surface area contributed by atoms with Crippen molar-refractivity contribution in [1.29, 1.82) is 0 Å². The summed E-state index contributed by atoms with van der Waals surface area (Å²) < 4.78 is 11.4. The van der Waals surface area contributed by atoms with Crippen LogP contribution in [0, 0.1) is 5.92 Å². The van der Waals surface area contributed by atoms with E-state index >= 15 is 0 Å². The molecular weight excluding hydrogens is 256 g/mol. The van der Waals surface area contributed by atoms with E-state index in [4.69, 9.17) is 20.9 Å². The summed E-state index contributed by atoms with van der Waals surface area (Å²) >= 11 is 0. The predicted molar refractivity (Wildman–Crippen MR) is 76.6 cm³/mol. The number of hydrogen-bond donors (Lipinski definition) is 2. The van der Waals surface area contributed by atoms with E-state index in [-0.39, 0.29) is 11.9 Å². The van der Waals surface area contributed by atoms with E-state index in [1.807, 2.05) is 18.2 Å². The van der Waals surface area contributed by atoms with Gasteiger partial charge in [0.25, 0.3) is 0 Å². The summed E-state index contributed by atoms with van der Waals surface area (Å²) in [5.74, 6) is 1.60. The van der Waals surface area contributed by atoms with Crippen LogP contribution in [0.25, 0.3) is 0 Å². The topological polar surface area (TPSA) is 87.6 Å². The highest BCUT2D eigenvalue weighted by Crippen LogP contribution is 2.33. The summed E-state index contributed by atoms with van der Waals surface area (Å²) in [5.41, 5.74) is 12.2. The van der Waals surface area contributed by atoms with Crippen molar-refractivity contribution in [3.05, 3.63) is 23.8 Å². The molecule has 0 aliphatic carbocycles. The summed E-state index contributed by atoms with van der Waals surface area (Å²) in [6.45, 7) is 3.40. The summed E-state index contributed by atoms with van der Waals surface area (Å²) in [7, 11) is 0. The van der Waals surface area contributed by atoms with Crippen LogP contribution in [0.2, 0.25) is 0 Å². The van der Waals surface area contributed by atoms with E-state index in [9.17, 15) is 4.79 Å². The third-order valence-electron chi connectivity index (χ3n) is 3.38. The molecule has 0 saturated carbocycles. The molecule has 1 aromatic rings. The second-order valence-electron chi connectivity index (χ2n) is 5.40. The number of ether oxygens (including phenoxy) is 2. The van der Waals surface area contributed by atoms with Crippen LogP contribution in [0.1, 0.15) is 37.8 Å². The van der Waals surface area contributed by atoms with E-state index in [1.165, 1.54) is 0 Å². The van der Waals surface area contributed by atoms with E-state index in [0.717, 1.165) is 23.5 Å². The van der Waals surface area contributed by atoms with Crippen molar-refractivity contribution in [3.8, 4) is 11.5 Å². The lowest BCUT2D eigenvalue weighted by Crippen LogP contribution is -2.14. The van der Waals surface area contributed by atoms with Gasteiger partial charge in [-0.15, -0.1) is 0 Å². The first-order chi connectivity index (χ1) is 9.56. The van der Waals surface area contributed by atoms with Crippen molar-refractivity contribution < 1.29 is 14.3 Å². The molecule has 1 aliphatic rings. The van der Waals surface area contributed by atoms with Gasteiger partial charge in [-0.25, -0.2) is 0 Å². The van der Waals surface area contributed by atoms with Gasteiger partial charge in [0.1, 0.15) is 0 Å². The maximum absolute atomic E-state index is 10.7. The average molecular weight is 278 g/mol. The van der Waals surface area contributed by atoms with Gasteiger partial charge in [0.05, 0.1) is 13.2 Å². The number of primary amides is 1. The van der Waals surface area contributed by atoms with Gasteiger partial charge in [-0.05, 0) is 30.5 Å². The molecule has 1 aromatic carbocycles. The number of hydrogen-bond acceptors (Lipinski definition) is 4. The lowest BCUT2D eigenvalue weighted by molar-refractivity contribution is -0.118. The minimum absolute atomic E-state index is 0.121. The molecule has 2 unspecified atom stereocenters. The maximum atomic E-state index is 10.7. The van der Waals surface area contributed by atoms with Crippen molar-refractivity contribution in [1.82, 2.24) is 0 Å². The molecule has 1 heterocycles. The lowest BCUT2D eigenvalue weighted by atomic mass is 10.0. The van der Waals surface area contributed by atoms with Crippen molar-refractivity contribution in [2.75, 3.05) is 13.2 Å².